The fourth-order valence-corrected chi connectivity index (χ4v) is 2.81. The number of ether oxygens (including phenoxy) is 2. The third kappa shape index (κ3) is 4.97. The van der Waals surface area contributed by atoms with Crippen molar-refractivity contribution in [3.8, 4) is 5.75 Å². The van der Waals surface area contributed by atoms with E-state index < -0.39 is 0 Å². The van der Waals surface area contributed by atoms with E-state index in [1.165, 1.54) is 0 Å². The van der Waals surface area contributed by atoms with Crippen LogP contribution in [0.1, 0.15) is 25.3 Å². The number of rotatable bonds is 6. The summed E-state index contributed by atoms with van der Waals surface area (Å²) in [5.74, 6) is 0.716. The van der Waals surface area contributed by atoms with Crippen molar-refractivity contribution in [3.05, 3.63) is 27.7 Å². The molecule has 0 spiro atoms. The highest BCUT2D eigenvalue weighted by Crippen LogP contribution is 2.32. The van der Waals surface area contributed by atoms with Crippen molar-refractivity contribution in [2.75, 3.05) is 19.8 Å². The molecule has 1 fully saturated rings. The first-order valence-corrected chi connectivity index (χ1v) is 7.39. The molecular formula is C14H19Cl3NO2-. The average Bonchev–Trinajstić information content (AvgIpc) is 2.86. The molecule has 6 heteroatoms. The van der Waals surface area contributed by atoms with Crippen molar-refractivity contribution in [2.45, 2.75) is 32.4 Å². The number of nitrogens with one attached hydrogen (secondary N) is 1. The molecule has 0 saturated carbocycles. The molecule has 1 N–H and O–H groups in total. The van der Waals surface area contributed by atoms with Gasteiger partial charge in [0.15, 0.2) is 0 Å². The number of hydrogen-bond acceptors (Lipinski definition) is 3. The van der Waals surface area contributed by atoms with Crippen LogP contribution >= 0.6 is 23.2 Å². The molecule has 1 aliphatic heterocycles. The summed E-state index contributed by atoms with van der Waals surface area (Å²) in [4.78, 5) is 0. The van der Waals surface area contributed by atoms with E-state index in [1.807, 2.05) is 13.0 Å². The Morgan fingerprint density at radius 2 is 2.20 bits per heavy atom. The molecule has 3 nitrogen and oxygen atoms in total. The minimum atomic E-state index is 0. The second-order valence-corrected chi connectivity index (χ2v) is 5.42. The minimum absolute atomic E-state index is 0. The molecule has 0 bridgehead atoms. The van der Waals surface area contributed by atoms with Gasteiger partial charge in [-0.3, -0.25) is 0 Å². The van der Waals surface area contributed by atoms with E-state index in [-0.39, 0.29) is 12.4 Å². The van der Waals surface area contributed by atoms with Crippen molar-refractivity contribution in [3.63, 3.8) is 0 Å². The van der Waals surface area contributed by atoms with Crippen molar-refractivity contribution in [2.24, 2.45) is 0 Å². The van der Waals surface area contributed by atoms with Gasteiger partial charge < -0.3 is 27.2 Å². The molecule has 20 heavy (non-hydrogen) atoms. The molecule has 1 aromatic rings. The van der Waals surface area contributed by atoms with Crippen LogP contribution in [0.5, 0.6) is 5.75 Å². The molecule has 0 radical (unpaired) electrons. The van der Waals surface area contributed by atoms with Gasteiger partial charge >= 0.3 is 0 Å². The van der Waals surface area contributed by atoms with Gasteiger partial charge in [0.25, 0.3) is 0 Å². The molecule has 0 aromatic heterocycles. The molecular weight excluding hydrogens is 321 g/mol. The zero-order valence-corrected chi connectivity index (χ0v) is 13.7. The van der Waals surface area contributed by atoms with Gasteiger partial charge in [-0.25, -0.2) is 0 Å². The Kier molecular flexibility index (Phi) is 8.00. The van der Waals surface area contributed by atoms with E-state index in [4.69, 9.17) is 32.7 Å². The lowest BCUT2D eigenvalue weighted by Gasteiger charge is -2.15. The fourth-order valence-electron chi connectivity index (χ4n) is 2.22. The molecule has 114 valence electrons. The molecule has 1 unspecified atom stereocenters. The Morgan fingerprint density at radius 1 is 1.40 bits per heavy atom. The van der Waals surface area contributed by atoms with Crippen LogP contribution in [0.25, 0.3) is 0 Å². The summed E-state index contributed by atoms with van der Waals surface area (Å²) in [5.41, 5.74) is 0.984. The Labute approximate surface area is 136 Å². The molecule has 2 rings (SSSR count). The van der Waals surface area contributed by atoms with Crippen LogP contribution in [-0.4, -0.2) is 25.9 Å². The summed E-state index contributed by atoms with van der Waals surface area (Å²) in [7, 11) is 0. The monoisotopic (exact) mass is 338 g/mol. The third-order valence-electron chi connectivity index (χ3n) is 3.09. The molecule has 1 aromatic carbocycles. The van der Waals surface area contributed by atoms with Crippen molar-refractivity contribution in [1.29, 1.82) is 0 Å². The zero-order valence-electron chi connectivity index (χ0n) is 11.4. The van der Waals surface area contributed by atoms with Crippen molar-refractivity contribution in [1.82, 2.24) is 5.32 Å². The van der Waals surface area contributed by atoms with Gasteiger partial charge in [-0.2, -0.15) is 0 Å². The van der Waals surface area contributed by atoms with Crippen LogP contribution < -0.4 is 22.5 Å². The van der Waals surface area contributed by atoms with Crippen LogP contribution in [0.3, 0.4) is 0 Å². The van der Waals surface area contributed by atoms with Crippen molar-refractivity contribution >= 4 is 23.2 Å². The van der Waals surface area contributed by atoms with Crippen LogP contribution in [0, 0.1) is 0 Å². The first-order valence-electron chi connectivity index (χ1n) is 6.63. The van der Waals surface area contributed by atoms with Crippen LogP contribution in [0.2, 0.25) is 10.0 Å². The standard InChI is InChI=1S/C14H19Cl2NO2.ClH/c1-2-18-14-10(6-11(15)7-13(14)16)8-17-9-12-4-3-5-19-12;/h6-7,12,17H,2-5,8-9H2,1H3;1H/p-1. The number of halogens is 3. The lowest BCUT2D eigenvalue weighted by Crippen LogP contribution is -3.00. The van der Waals surface area contributed by atoms with E-state index in [2.05, 4.69) is 5.32 Å². The summed E-state index contributed by atoms with van der Waals surface area (Å²) in [6.07, 6.45) is 2.60. The lowest BCUT2D eigenvalue weighted by molar-refractivity contribution is -0.00000554. The van der Waals surface area contributed by atoms with Gasteiger partial charge in [0.2, 0.25) is 0 Å². The van der Waals surface area contributed by atoms with Gasteiger partial charge in [0, 0.05) is 30.3 Å². The first-order chi connectivity index (χ1) is 9.20. The predicted octanol–water partition coefficient (Wildman–Crippen LogP) is 0.665. The highest BCUT2D eigenvalue weighted by atomic mass is 35.5. The Morgan fingerprint density at radius 3 is 2.85 bits per heavy atom. The second kappa shape index (κ2) is 8.96. The topological polar surface area (TPSA) is 30.5 Å². The smallest absolute Gasteiger partial charge is 0.142 e. The van der Waals surface area contributed by atoms with E-state index in [0.717, 1.165) is 31.6 Å². The third-order valence-corrected chi connectivity index (χ3v) is 3.58. The van der Waals surface area contributed by atoms with Gasteiger partial charge in [-0.1, -0.05) is 23.2 Å². The molecule has 1 heterocycles. The van der Waals surface area contributed by atoms with Crippen molar-refractivity contribution < 1.29 is 21.9 Å². The number of benzene rings is 1. The fraction of sp³-hybridized carbons (Fsp3) is 0.571. The van der Waals surface area contributed by atoms with Crippen LogP contribution in [0.4, 0.5) is 0 Å². The van der Waals surface area contributed by atoms with Crippen LogP contribution in [0.15, 0.2) is 12.1 Å². The molecule has 0 amide bonds. The molecule has 0 aliphatic carbocycles. The largest absolute Gasteiger partial charge is 1.00 e. The van der Waals surface area contributed by atoms with Gasteiger partial charge in [-0.05, 0) is 31.9 Å². The summed E-state index contributed by atoms with van der Waals surface area (Å²) in [5, 5.41) is 4.56. The summed E-state index contributed by atoms with van der Waals surface area (Å²) < 4.78 is 11.2. The summed E-state index contributed by atoms with van der Waals surface area (Å²) >= 11 is 12.2. The second-order valence-electron chi connectivity index (χ2n) is 4.57. The van der Waals surface area contributed by atoms with E-state index in [1.54, 1.807) is 6.07 Å². The van der Waals surface area contributed by atoms with Crippen LogP contribution in [-0.2, 0) is 11.3 Å². The lowest BCUT2D eigenvalue weighted by atomic mass is 10.2. The minimum Gasteiger partial charge on any atom is -1.00 e. The van der Waals surface area contributed by atoms with Gasteiger partial charge in [0.05, 0.1) is 17.7 Å². The summed E-state index contributed by atoms with van der Waals surface area (Å²) in [6, 6.07) is 3.60. The maximum Gasteiger partial charge on any atom is 0.142 e. The van der Waals surface area contributed by atoms with Gasteiger partial charge in [-0.15, -0.1) is 0 Å². The van der Waals surface area contributed by atoms with Gasteiger partial charge in [0.1, 0.15) is 5.75 Å². The molecule has 1 aliphatic rings. The average molecular weight is 340 g/mol. The highest BCUT2D eigenvalue weighted by Gasteiger charge is 2.15. The van der Waals surface area contributed by atoms with E-state index in [9.17, 15) is 0 Å². The van der Waals surface area contributed by atoms with E-state index in [0.29, 0.717) is 35.1 Å². The quantitative estimate of drug-likeness (QED) is 0.826. The predicted molar refractivity (Wildman–Crippen MR) is 78.3 cm³/mol. The number of hydrogen-bond donors (Lipinski definition) is 1. The van der Waals surface area contributed by atoms with E-state index >= 15 is 0 Å². The zero-order chi connectivity index (χ0) is 13.7. The maximum absolute atomic E-state index is 6.16. The summed E-state index contributed by atoms with van der Waals surface area (Å²) in [6.45, 7) is 4.92. The molecule has 1 saturated heterocycles. The Hall–Kier alpha value is -0.190. The SMILES string of the molecule is CCOc1c(Cl)cc(Cl)cc1CNCC1CCCO1.[Cl-]. The Balaban J connectivity index is 0.00000200. The Bertz CT molecular complexity index is 423. The highest BCUT2D eigenvalue weighted by molar-refractivity contribution is 6.35. The normalized spacial score (nSPS) is 17.9. The molecule has 1 atom stereocenters. The first kappa shape index (κ1) is 17.9. The maximum atomic E-state index is 6.16.